The lowest BCUT2D eigenvalue weighted by atomic mass is 10.5. The first-order chi connectivity index (χ1) is 6.81. The largest absolute Gasteiger partial charge is 0.310 e. The first-order valence-electron chi connectivity index (χ1n) is 4.69. The van der Waals surface area contributed by atoms with Crippen LogP contribution in [-0.2, 0) is 6.54 Å². The number of fused-ring (bicyclic) bond motifs is 1. The second-order valence-electron chi connectivity index (χ2n) is 3.11. The van der Waals surface area contributed by atoms with Gasteiger partial charge in [0.05, 0.1) is 0 Å². The van der Waals surface area contributed by atoms with Crippen LogP contribution in [0.15, 0.2) is 0 Å². The SMILES string of the molecule is CCCNCc1nn2c(C)nnc2s1. The number of hydrogen-bond donors (Lipinski definition) is 1. The summed E-state index contributed by atoms with van der Waals surface area (Å²) in [7, 11) is 0. The maximum Gasteiger partial charge on any atom is 0.234 e. The van der Waals surface area contributed by atoms with Gasteiger partial charge in [0.25, 0.3) is 0 Å². The smallest absolute Gasteiger partial charge is 0.234 e. The van der Waals surface area contributed by atoms with Gasteiger partial charge in [-0.3, -0.25) is 0 Å². The van der Waals surface area contributed by atoms with Crippen molar-refractivity contribution in [2.75, 3.05) is 6.54 Å². The fraction of sp³-hybridized carbons (Fsp3) is 0.625. The van der Waals surface area contributed by atoms with Crippen LogP contribution in [0.3, 0.4) is 0 Å². The Balaban J connectivity index is 2.11. The topological polar surface area (TPSA) is 55.1 Å². The molecule has 0 saturated carbocycles. The van der Waals surface area contributed by atoms with Gasteiger partial charge in [0.1, 0.15) is 5.01 Å². The Hall–Kier alpha value is -1.01. The van der Waals surface area contributed by atoms with Gasteiger partial charge in [0.15, 0.2) is 5.82 Å². The summed E-state index contributed by atoms with van der Waals surface area (Å²) in [4.78, 5) is 0.871. The summed E-state index contributed by atoms with van der Waals surface area (Å²) in [6.45, 7) is 5.90. The standard InChI is InChI=1S/C8H13N5S/c1-3-4-9-5-7-12-13-6(2)10-11-8(13)14-7/h9H,3-5H2,1-2H3. The van der Waals surface area contributed by atoms with Crippen molar-refractivity contribution in [2.45, 2.75) is 26.8 Å². The highest BCUT2D eigenvalue weighted by atomic mass is 32.1. The number of nitrogens with zero attached hydrogens (tertiary/aromatic N) is 4. The van der Waals surface area contributed by atoms with Crippen LogP contribution in [0.5, 0.6) is 0 Å². The minimum atomic E-state index is 0.821. The molecule has 0 unspecified atom stereocenters. The Morgan fingerprint density at radius 2 is 2.29 bits per heavy atom. The molecule has 0 atom stereocenters. The second-order valence-corrected chi connectivity index (χ2v) is 4.15. The van der Waals surface area contributed by atoms with Gasteiger partial charge in [0, 0.05) is 6.54 Å². The van der Waals surface area contributed by atoms with Crippen LogP contribution in [0.4, 0.5) is 0 Å². The van der Waals surface area contributed by atoms with Gasteiger partial charge >= 0.3 is 0 Å². The lowest BCUT2D eigenvalue weighted by molar-refractivity contribution is 0.663. The zero-order chi connectivity index (χ0) is 9.97. The molecule has 0 aliphatic carbocycles. The van der Waals surface area contributed by atoms with E-state index in [4.69, 9.17) is 0 Å². The van der Waals surface area contributed by atoms with Gasteiger partial charge in [0.2, 0.25) is 4.96 Å². The van der Waals surface area contributed by atoms with E-state index < -0.39 is 0 Å². The quantitative estimate of drug-likeness (QED) is 0.766. The highest BCUT2D eigenvalue weighted by Crippen LogP contribution is 2.12. The van der Waals surface area contributed by atoms with Gasteiger partial charge in [-0.25, -0.2) is 0 Å². The van der Waals surface area contributed by atoms with E-state index in [2.05, 4.69) is 27.5 Å². The van der Waals surface area contributed by atoms with E-state index in [1.165, 1.54) is 0 Å². The molecule has 0 aliphatic rings. The third-order valence-electron chi connectivity index (χ3n) is 1.89. The zero-order valence-electron chi connectivity index (χ0n) is 8.32. The molecule has 0 aliphatic heterocycles. The van der Waals surface area contributed by atoms with Gasteiger partial charge in [-0.15, -0.1) is 10.2 Å². The van der Waals surface area contributed by atoms with E-state index in [1.54, 1.807) is 15.9 Å². The average Bonchev–Trinajstić information content (AvgIpc) is 2.70. The number of aryl methyl sites for hydroxylation is 1. The van der Waals surface area contributed by atoms with Crippen molar-refractivity contribution in [1.29, 1.82) is 0 Å². The van der Waals surface area contributed by atoms with Crippen LogP contribution in [0, 0.1) is 6.92 Å². The van der Waals surface area contributed by atoms with Crippen LogP contribution >= 0.6 is 11.3 Å². The van der Waals surface area contributed by atoms with Crippen LogP contribution < -0.4 is 5.32 Å². The maximum atomic E-state index is 4.39. The van der Waals surface area contributed by atoms with E-state index in [-0.39, 0.29) is 0 Å². The molecular formula is C8H13N5S. The van der Waals surface area contributed by atoms with Crippen molar-refractivity contribution >= 4 is 16.3 Å². The lowest BCUT2D eigenvalue weighted by Crippen LogP contribution is -2.13. The molecule has 5 nitrogen and oxygen atoms in total. The molecule has 0 radical (unpaired) electrons. The predicted molar refractivity (Wildman–Crippen MR) is 55.4 cm³/mol. The van der Waals surface area contributed by atoms with Crippen molar-refractivity contribution in [1.82, 2.24) is 25.1 Å². The molecule has 14 heavy (non-hydrogen) atoms. The Bertz CT molecular complexity index is 418. The molecule has 2 aromatic rings. The van der Waals surface area contributed by atoms with Crippen molar-refractivity contribution < 1.29 is 0 Å². The van der Waals surface area contributed by atoms with Gasteiger partial charge in [-0.2, -0.15) is 9.61 Å². The van der Waals surface area contributed by atoms with Gasteiger partial charge in [-0.05, 0) is 19.9 Å². The van der Waals surface area contributed by atoms with E-state index in [0.29, 0.717) is 0 Å². The third-order valence-corrected chi connectivity index (χ3v) is 2.79. The molecule has 0 aromatic carbocycles. The van der Waals surface area contributed by atoms with Crippen molar-refractivity contribution in [3.8, 4) is 0 Å². The average molecular weight is 211 g/mol. The summed E-state index contributed by atoms with van der Waals surface area (Å²) in [6.07, 6.45) is 1.14. The first kappa shape index (κ1) is 9.54. The summed E-state index contributed by atoms with van der Waals surface area (Å²) in [5, 5.41) is 16.7. The van der Waals surface area contributed by atoms with Crippen molar-refractivity contribution in [2.24, 2.45) is 0 Å². The highest BCUT2D eigenvalue weighted by molar-refractivity contribution is 7.16. The molecule has 0 saturated heterocycles. The van der Waals surface area contributed by atoms with Gasteiger partial charge < -0.3 is 5.32 Å². The fourth-order valence-electron chi connectivity index (χ4n) is 1.20. The molecule has 0 amide bonds. The Kier molecular flexibility index (Phi) is 2.74. The maximum absolute atomic E-state index is 4.39. The minimum Gasteiger partial charge on any atom is -0.310 e. The fourth-order valence-corrected chi connectivity index (χ4v) is 2.05. The summed E-state index contributed by atoms with van der Waals surface area (Å²) >= 11 is 1.58. The molecule has 2 aromatic heterocycles. The molecule has 76 valence electrons. The Labute approximate surface area is 86.2 Å². The van der Waals surface area contributed by atoms with Crippen molar-refractivity contribution in [3.63, 3.8) is 0 Å². The molecule has 1 N–H and O–H groups in total. The Morgan fingerprint density at radius 3 is 3.00 bits per heavy atom. The van der Waals surface area contributed by atoms with Crippen LogP contribution in [-0.4, -0.2) is 26.4 Å². The van der Waals surface area contributed by atoms with Gasteiger partial charge in [-0.1, -0.05) is 18.3 Å². The number of hydrogen-bond acceptors (Lipinski definition) is 5. The second kappa shape index (κ2) is 4.02. The summed E-state index contributed by atoms with van der Waals surface area (Å²) < 4.78 is 1.79. The number of rotatable bonds is 4. The first-order valence-corrected chi connectivity index (χ1v) is 5.51. The number of aromatic nitrogens is 4. The molecule has 0 bridgehead atoms. The molecule has 0 spiro atoms. The highest BCUT2D eigenvalue weighted by Gasteiger charge is 2.07. The zero-order valence-corrected chi connectivity index (χ0v) is 9.13. The monoisotopic (exact) mass is 211 g/mol. The van der Waals surface area contributed by atoms with E-state index in [1.807, 2.05) is 6.92 Å². The predicted octanol–water partition coefficient (Wildman–Crippen LogP) is 0.994. The summed E-state index contributed by atoms with van der Waals surface area (Å²) in [6, 6.07) is 0. The Morgan fingerprint density at radius 1 is 1.43 bits per heavy atom. The summed E-state index contributed by atoms with van der Waals surface area (Å²) in [5.41, 5.74) is 0. The number of nitrogens with one attached hydrogen (secondary N) is 1. The molecule has 0 fully saturated rings. The minimum absolute atomic E-state index is 0.821. The normalized spacial score (nSPS) is 11.3. The molecule has 6 heteroatoms. The van der Waals surface area contributed by atoms with Crippen LogP contribution in [0.2, 0.25) is 0 Å². The third kappa shape index (κ3) is 1.76. The van der Waals surface area contributed by atoms with Crippen molar-refractivity contribution in [3.05, 3.63) is 10.8 Å². The molecular weight excluding hydrogens is 198 g/mol. The lowest BCUT2D eigenvalue weighted by Gasteiger charge is -1.96. The summed E-state index contributed by atoms with van der Waals surface area (Å²) in [5.74, 6) is 0.845. The van der Waals surface area contributed by atoms with Crippen LogP contribution in [0.1, 0.15) is 24.2 Å². The molecule has 2 rings (SSSR count). The van der Waals surface area contributed by atoms with E-state index in [0.717, 1.165) is 35.3 Å². The van der Waals surface area contributed by atoms with Crippen LogP contribution in [0.25, 0.3) is 4.96 Å². The van der Waals surface area contributed by atoms with E-state index >= 15 is 0 Å². The van der Waals surface area contributed by atoms with E-state index in [9.17, 15) is 0 Å². The molecule has 2 heterocycles.